The second-order valence-corrected chi connectivity index (χ2v) is 4.26. The van der Waals surface area contributed by atoms with E-state index in [9.17, 15) is 5.11 Å². The van der Waals surface area contributed by atoms with Crippen molar-refractivity contribution in [3.63, 3.8) is 0 Å². The van der Waals surface area contributed by atoms with E-state index in [1.54, 1.807) is 13.2 Å². The summed E-state index contributed by atoms with van der Waals surface area (Å²) in [7, 11) is 1.70. The molecule has 0 saturated carbocycles. The molecule has 4 nitrogen and oxygen atoms in total. The molecule has 4 heteroatoms. The van der Waals surface area contributed by atoms with Crippen LogP contribution in [0.25, 0.3) is 0 Å². The quantitative estimate of drug-likeness (QED) is 0.746. The van der Waals surface area contributed by atoms with Crippen molar-refractivity contribution in [1.29, 1.82) is 0 Å². The maximum absolute atomic E-state index is 10.0. The molecule has 18 heavy (non-hydrogen) atoms. The van der Waals surface area contributed by atoms with Crippen LogP contribution in [0.4, 0.5) is 0 Å². The fraction of sp³-hybridized carbons (Fsp3) is 0.571. The Morgan fingerprint density at radius 2 is 2.17 bits per heavy atom. The summed E-state index contributed by atoms with van der Waals surface area (Å²) >= 11 is 0. The summed E-state index contributed by atoms with van der Waals surface area (Å²) < 4.78 is 10.4. The predicted octanol–water partition coefficient (Wildman–Crippen LogP) is 2.31. The zero-order valence-corrected chi connectivity index (χ0v) is 11.4. The maximum atomic E-state index is 10.0. The highest BCUT2D eigenvalue weighted by Gasteiger charge is 2.08. The van der Waals surface area contributed by atoms with E-state index in [0.717, 1.165) is 18.6 Å². The van der Waals surface area contributed by atoms with Crippen LogP contribution in [-0.2, 0) is 11.3 Å². The van der Waals surface area contributed by atoms with E-state index in [2.05, 4.69) is 12.2 Å². The van der Waals surface area contributed by atoms with Crippen molar-refractivity contribution < 1.29 is 14.6 Å². The highest BCUT2D eigenvalue weighted by Crippen LogP contribution is 2.29. The first-order valence-electron chi connectivity index (χ1n) is 6.35. The van der Waals surface area contributed by atoms with Gasteiger partial charge in [0.15, 0.2) is 11.5 Å². The Morgan fingerprint density at radius 3 is 2.83 bits per heavy atom. The summed E-state index contributed by atoms with van der Waals surface area (Å²) in [6, 6.07) is 5.91. The van der Waals surface area contributed by atoms with Gasteiger partial charge in [0, 0.05) is 31.9 Å². The Hall–Kier alpha value is -1.26. The zero-order chi connectivity index (χ0) is 13.4. The third-order valence-corrected chi connectivity index (χ3v) is 2.78. The van der Waals surface area contributed by atoms with E-state index in [0.29, 0.717) is 24.9 Å². The first-order valence-corrected chi connectivity index (χ1v) is 6.35. The standard InChI is InChI=1S/C14H23NO3/c1-4-18-13-7-5-6-12(14(13)16)10-15-11(2)8-9-17-3/h5-7,11,15-16H,4,8-10H2,1-3H3. The molecule has 0 fully saturated rings. The largest absolute Gasteiger partial charge is 0.504 e. The first-order chi connectivity index (χ1) is 8.69. The van der Waals surface area contributed by atoms with Crippen LogP contribution in [0.15, 0.2) is 18.2 Å². The number of benzene rings is 1. The van der Waals surface area contributed by atoms with Crippen molar-refractivity contribution in [3.05, 3.63) is 23.8 Å². The second kappa shape index (κ2) is 7.95. The molecule has 0 aliphatic carbocycles. The Bertz CT molecular complexity index is 355. The summed E-state index contributed by atoms with van der Waals surface area (Å²) in [5.41, 5.74) is 0.852. The molecule has 102 valence electrons. The second-order valence-electron chi connectivity index (χ2n) is 4.26. The lowest BCUT2D eigenvalue weighted by molar-refractivity contribution is 0.184. The maximum Gasteiger partial charge on any atom is 0.162 e. The SMILES string of the molecule is CCOc1cccc(CNC(C)CCOC)c1O. The van der Waals surface area contributed by atoms with Gasteiger partial charge in [0.05, 0.1) is 6.61 Å². The van der Waals surface area contributed by atoms with Crippen LogP contribution < -0.4 is 10.1 Å². The number of nitrogens with one attached hydrogen (secondary N) is 1. The van der Waals surface area contributed by atoms with Gasteiger partial charge in [-0.05, 0) is 26.3 Å². The minimum absolute atomic E-state index is 0.228. The predicted molar refractivity (Wildman–Crippen MR) is 72.1 cm³/mol. The number of hydrogen-bond donors (Lipinski definition) is 2. The van der Waals surface area contributed by atoms with Gasteiger partial charge in [-0.15, -0.1) is 0 Å². The minimum atomic E-state index is 0.228. The number of methoxy groups -OCH3 is 1. The summed E-state index contributed by atoms with van der Waals surface area (Å²) in [4.78, 5) is 0. The van der Waals surface area contributed by atoms with Gasteiger partial charge in [0.2, 0.25) is 0 Å². The van der Waals surface area contributed by atoms with Gasteiger partial charge in [-0.2, -0.15) is 0 Å². The number of phenolic OH excluding ortho intramolecular Hbond substituents is 1. The van der Waals surface area contributed by atoms with Crippen molar-refractivity contribution in [3.8, 4) is 11.5 Å². The van der Waals surface area contributed by atoms with Crippen molar-refractivity contribution >= 4 is 0 Å². The van der Waals surface area contributed by atoms with E-state index in [1.807, 2.05) is 19.1 Å². The molecule has 1 aromatic rings. The topological polar surface area (TPSA) is 50.7 Å². The number of ether oxygens (including phenoxy) is 2. The first kappa shape index (κ1) is 14.8. The molecule has 1 rings (SSSR count). The summed E-state index contributed by atoms with van der Waals surface area (Å²) in [5, 5.41) is 13.4. The van der Waals surface area contributed by atoms with Crippen LogP contribution in [0, 0.1) is 0 Å². The third-order valence-electron chi connectivity index (χ3n) is 2.78. The van der Waals surface area contributed by atoms with Gasteiger partial charge in [0.1, 0.15) is 0 Å². The summed E-state index contributed by atoms with van der Waals surface area (Å²) in [6.45, 7) is 5.91. The van der Waals surface area contributed by atoms with Gasteiger partial charge in [0.25, 0.3) is 0 Å². The lowest BCUT2D eigenvalue weighted by atomic mass is 10.1. The van der Waals surface area contributed by atoms with E-state index in [-0.39, 0.29) is 5.75 Å². The van der Waals surface area contributed by atoms with Gasteiger partial charge >= 0.3 is 0 Å². The molecule has 0 aliphatic heterocycles. The minimum Gasteiger partial charge on any atom is -0.504 e. The van der Waals surface area contributed by atoms with Crippen molar-refractivity contribution in [2.24, 2.45) is 0 Å². The normalized spacial score (nSPS) is 12.4. The van der Waals surface area contributed by atoms with Gasteiger partial charge < -0.3 is 19.9 Å². The van der Waals surface area contributed by atoms with E-state index < -0.39 is 0 Å². The number of para-hydroxylation sites is 1. The molecule has 1 aromatic carbocycles. The zero-order valence-electron chi connectivity index (χ0n) is 11.4. The monoisotopic (exact) mass is 253 g/mol. The lowest BCUT2D eigenvalue weighted by Gasteiger charge is -2.15. The fourth-order valence-electron chi connectivity index (χ4n) is 1.66. The Kier molecular flexibility index (Phi) is 6.54. The van der Waals surface area contributed by atoms with E-state index >= 15 is 0 Å². The van der Waals surface area contributed by atoms with Crippen LogP contribution in [0.2, 0.25) is 0 Å². The molecule has 0 aromatic heterocycles. The molecular weight excluding hydrogens is 230 g/mol. The number of phenols is 1. The average molecular weight is 253 g/mol. The smallest absolute Gasteiger partial charge is 0.162 e. The van der Waals surface area contributed by atoms with Gasteiger partial charge in [-0.1, -0.05) is 12.1 Å². The third kappa shape index (κ3) is 4.55. The van der Waals surface area contributed by atoms with E-state index in [1.165, 1.54) is 0 Å². The van der Waals surface area contributed by atoms with Crippen LogP contribution in [0.3, 0.4) is 0 Å². The molecule has 0 bridgehead atoms. The Morgan fingerprint density at radius 1 is 1.39 bits per heavy atom. The molecule has 0 saturated heterocycles. The van der Waals surface area contributed by atoms with E-state index in [4.69, 9.17) is 9.47 Å². The molecule has 1 unspecified atom stereocenters. The molecule has 2 N–H and O–H groups in total. The van der Waals surface area contributed by atoms with Gasteiger partial charge in [-0.3, -0.25) is 0 Å². The van der Waals surface area contributed by atoms with Crippen LogP contribution >= 0.6 is 0 Å². The summed E-state index contributed by atoms with van der Waals surface area (Å²) in [6.07, 6.45) is 0.947. The Labute approximate surface area is 109 Å². The highest BCUT2D eigenvalue weighted by atomic mass is 16.5. The fourth-order valence-corrected chi connectivity index (χ4v) is 1.66. The highest BCUT2D eigenvalue weighted by molar-refractivity contribution is 5.45. The van der Waals surface area contributed by atoms with Crippen LogP contribution in [0.1, 0.15) is 25.8 Å². The van der Waals surface area contributed by atoms with Crippen LogP contribution in [0.5, 0.6) is 11.5 Å². The molecule has 1 atom stereocenters. The molecule has 0 spiro atoms. The number of rotatable bonds is 8. The van der Waals surface area contributed by atoms with Crippen molar-refractivity contribution in [1.82, 2.24) is 5.32 Å². The Balaban J connectivity index is 2.54. The average Bonchev–Trinajstić information content (AvgIpc) is 2.37. The van der Waals surface area contributed by atoms with Gasteiger partial charge in [-0.25, -0.2) is 0 Å². The number of aromatic hydroxyl groups is 1. The summed E-state index contributed by atoms with van der Waals surface area (Å²) in [5.74, 6) is 0.770. The molecular formula is C14H23NO3. The lowest BCUT2D eigenvalue weighted by Crippen LogP contribution is -2.26. The molecule has 0 heterocycles. The molecule has 0 amide bonds. The van der Waals surface area contributed by atoms with Crippen molar-refractivity contribution in [2.45, 2.75) is 32.9 Å². The van der Waals surface area contributed by atoms with Crippen molar-refractivity contribution in [2.75, 3.05) is 20.3 Å². The molecule has 0 aliphatic rings. The van der Waals surface area contributed by atoms with Crippen LogP contribution in [-0.4, -0.2) is 31.5 Å². The number of hydrogen-bond acceptors (Lipinski definition) is 4. The molecule has 0 radical (unpaired) electrons.